The fraction of sp³-hybridized carbons (Fsp3) is 0.556. The monoisotopic (exact) mass is 381 g/mol. The number of likely N-dealkylation sites (tertiary alicyclic amines) is 1. The lowest BCUT2D eigenvalue weighted by molar-refractivity contribution is -0.119. The lowest BCUT2D eigenvalue weighted by Crippen LogP contribution is -2.43. The molecule has 0 bridgehead atoms. The fourth-order valence-corrected chi connectivity index (χ4v) is 3.13. The van der Waals surface area contributed by atoms with E-state index in [1.807, 2.05) is 13.0 Å². The summed E-state index contributed by atoms with van der Waals surface area (Å²) in [6.45, 7) is 7.01. The normalized spacial score (nSPS) is 17.5. The van der Waals surface area contributed by atoms with Gasteiger partial charge in [-0.1, -0.05) is 11.6 Å². The zero-order valence-corrected chi connectivity index (χ0v) is 15.7. The summed E-state index contributed by atoms with van der Waals surface area (Å²) in [6.07, 6.45) is 0.538. The quantitative estimate of drug-likeness (QED) is 0.847. The molecule has 0 aromatic heterocycles. The standard InChI is InChI=1S/C18H24ClN3O4/c1-13-14(11-21-5-7-25-8-6-21)9-15(10-16(13)19)20-17(23)12-26-18(24)22-3-2-4-22/h9-10H,2-8,11-12H2,1H3,(H,20,23). The van der Waals surface area contributed by atoms with Gasteiger partial charge in [-0.25, -0.2) is 4.79 Å². The fourth-order valence-electron chi connectivity index (χ4n) is 2.89. The van der Waals surface area contributed by atoms with Gasteiger partial charge in [0.1, 0.15) is 0 Å². The van der Waals surface area contributed by atoms with E-state index in [1.54, 1.807) is 11.0 Å². The average Bonchev–Trinajstić information content (AvgIpc) is 2.57. The summed E-state index contributed by atoms with van der Waals surface area (Å²) in [5.41, 5.74) is 2.67. The van der Waals surface area contributed by atoms with Crippen LogP contribution < -0.4 is 5.32 Å². The van der Waals surface area contributed by atoms with E-state index in [2.05, 4.69) is 10.2 Å². The van der Waals surface area contributed by atoms with Crippen LogP contribution in [0.15, 0.2) is 12.1 Å². The summed E-state index contributed by atoms with van der Waals surface area (Å²) >= 11 is 6.33. The van der Waals surface area contributed by atoms with Crippen LogP contribution in [0.5, 0.6) is 0 Å². The van der Waals surface area contributed by atoms with E-state index in [0.717, 1.165) is 50.4 Å². The minimum absolute atomic E-state index is 0.306. The highest BCUT2D eigenvalue weighted by Gasteiger charge is 2.22. The SMILES string of the molecule is Cc1c(Cl)cc(NC(=O)COC(=O)N2CCC2)cc1CN1CCOCC1. The van der Waals surface area contributed by atoms with Crippen molar-refractivity contribution in [3.63, 3.8) is 0 Å². The van der Waals surface area contributed by atoms with Gasteiger partial charge in [0, 0.05) is 43.4 Å². The third-order valence-electron chi connectivity index (χ3n) is 4.67. The van der Waals surface area contributed by atoms with Crippen LogP contribution in [-0.2, 0) is 20.8 Å². The molecule has 2 heterocycles. The number of rotatable bonds is 5. The molecular weight excluding hydrogens is 358 g/mol. The minimum atomic E-state index is -0.443. The molecular formula is C18H24ClN3O4. The molecule has 2 fully saturated rings. The number of hydrogen-bond donors (Lipinski definition) is 1. The number of anilines is 1. The second-order valence-corrected chi connectivity index (χ2v) is 6.98. The molecule has 2 aliphatic rings. The molecule has 2 aliphatic heterocycles. The van der Waals surface area contributed by atoms with Gasteiger partial charge in [-0.3, -0.25) is 9.69 Å². The van der Waals surface area contributed by atoms with Crippen molar-refractivity contribution in [1.82, 2.24) is 9.80 Å². The number of nitrogens with zero attached hydrogens (tertiary/aromatic N) is 2. The van der Waals surface area contributed by atoms with Gasteiger partial charge in [-0.15, -0.1) is 0 Å². The Kier molecular flexibility index (Phi) is 6.34. The molecule has 8 heteroatoms. The Morgan fingerprint density at radius 2 is 1.96 bits per heavy atom. The van der Waals surface area contributed by atoms with E-state index in [9.17, 15) is 9.59 Å². The molecule has 142 valence electrons. The van der Waals surface area contributed by atoms with Crippen LogP contribution in [0.1, 0.15) is 17.5 Å². The summed E-state index contributed by atoms with van der Waals surface area (Å²) in [7, 11) is 0. The Labute approximate surface area is 158 Å². The Hall–Kier alpha value is -1.83. The van der Waals surface area contributed by atoms with E-state index < -0.39 is 6.09 Å². The molecule has 0 spiro atoms. The molecule has 0 atom stereocenters. The van der Waals surface area contributed by atoms with Crippen molar-refractivity contribution in [3.8, 4) is 0 Å². The van der Waals surface area contributed by atoms with Crippen LogP contribution in [0.3, 0.4) is 0 Å². The molecule has 0 saturated carbocycles. The number of benzene rings is 1. The molecule has 1 N–H and O–H groups in total. The summed E-state index contributed by atoms with van der Waals surface area (Å²) in [5.74, 6) is -0.379. The molecule has 2 amide bonds. The zero-order chi connectivity index (χ0) is 18.5. The first kappa shape index (κ1) is 18.9. The van der Waals surface area contributed by atoms with Crippen molar-refractivity contribution in [2.75, 3.05) is 51.3 Å². The number of carbonyl (C=O) groups excluding carboxylic acids is 2. The van der Waals surface area contributed by atoms with Gasteiger partial charge in [0.15, 0.2) is 6.61 Å². The van der Waals surface area contributed by atoms with Gasteiger partial charge in [-0.05, 0) is 36.6 Å². The maximum absolute atomic E-state index is 12.1. The molecule has 0 aliphatic carbocycles. The number of hydrogen-bond acceptors (Lipinski definition) is 5. The summed E-state index contributed by atoms with van der Waals surface area (Å²) < 4.78 is 10.4. The number of halogens is 1. The zero-order valence-electron chi connectivity index (χ0n) is 14.9. The number of morpholine rings is 1. The minimum Gasteiger partial charge on any atom is -0.439 e. The lowest BCUT2D eigenvalue weighted by atomic mass is 10.1. The summed E-state index contributed by atoms with van der Waals surface area (Å²) in [6, 6.07) is 3.64. The van der Waals surface area contributed by atoms with Crippen LogP contribution in [0.25, 0.3) is 0 Å². The van der Waals surface area contributed by atoms with Gasteiger partial charge < -0.3 is 19.7 Å². The number of ether oxygens (including phenoxy) is 2. The van der Waals surface area contributed by atoms with Crippen molar-refractivity contribution >= 4 is 29.3 Å². The highest BCUT2D eigenvalue weighted by molar-refractivity contribution is 6.31. The maximum atomic E-state index is 12.1. The summed E-state index contributed by atoms with van der Waals surface area (Å²) in [4.78, 5) is 27.6. The molecule has 0 unspecified atom stereocenters. The topological polar surface area (TPSA) is 71.1 Å². The van der Waals surface area contributed by atoms with Crippen LogP contribution in [-0.4, -0.2) is 67.8 Å². The van der Waals surface area contributed by atoms with Crippen molar-refractivity contribution in [2.24, 2.45) is 0 Å². The van der Waals surface area contributed by atoms with E-state index >= 15 is 0 Å². The van der Waals surface area contributed by atoms with Crippen LogP contribution in [0.2, 0.25) is 5.02 Å². The van der Waals surface area contributed by atoms with Crippen molar-refractivity contribution in [1.29, 1.82) is 0 Å². The first-order valence-corrected chi connectivity index (χ1v) is 9.21. The number of carbonyl (C=O) groups is 2. The highest BCUT2D eigenvalue weighted by Crippen LogP contribution is 2.26. The molecule has 1 aromatic carbocycles. The second-order valence-electron chi connectivity index (χ2n) is 6.57. The third kappa shape index (κ3) is 4.87. The van der Waals surface area contributed by atoms with Crippen molar-refractivity contribution in [2.45, 2.75) is 19.9 Å². The van der Waals surface area contributed by atoms with Crippen molar-refractivity contribution < 1.29 is 19.1 Å². The van der Waals surface area contributed by atoms with Gasteiger partial charge in [0.05, 0.1) is 13.2 Å². The first-order chi connectivity index (χ1) is 12.5. The second kappa shape index (κ2) is 8.70. The van der Waals surface area contributed by atoms with E-state index in [0.29, 0.717) is 23.8 Å². The highest BCUT2D eigenvalue weighted by atomic mass is 35.5. The van der Waals surface area contributed by atoms with Gasteiger partial charge >= 0.3 is 6.09 Å². The maximum Gasteiger partial charge on any atom is 0.410 e. The number of nitrogens with one attached hydrogen (secondary N) is 1. The molecule has 2 saturated heterocycles. The average molecular weight is 382 g/mol. The largest absolute Gasteiger partial charge is 0.439 e. The van der Waals surface area contributed by atoms with Crippen molar-refractivity contribution in [3.05, 3.63) is 28.3 Å². The van der Waals surface area contributed by atoms with E-state index in [-0.39, 0.29) is 12.5 Å². The Balaban J connectivity index is 1.57. The Morgan fingerprint density at radius 1 is 1.23 bits per heavy atom. The predicted octanol–water partition coefficient (Wildman–Crippen LogP) is 2.26. The molecule has 3 rings (SSSR count). The first-order valence-electron chi connectivity index (χ1n) is 8.83. The van der Waals surface area contributed by atoms with Gasteiger partial charge in [0.25, 0.3) is 5.91 Å². The van der Waals surface area contributed by atoms with Crippen LogP contribution in [0.4, 0.5) is 10.5 Å². The van der Waals surface area contributed by atoms with Crippen LogP contribution >= 0.6 is 11.6 Å². The smallest absolute Gasteiger partial charge is 0.410 e. The Morgan fingerprint density at radius 3 is 2.62 bits per heavy atom. The third-order valence-corrected chi connectivity index (χ3v) is 5.07. The molecule has 0 radical (unpaired) electrons. The number of amides is 2. The molecule has 7 nitrogen and oxygen atoms in total. The van der Waals surface area contributed by atoms with Gasteiger partial charge in [-0.2, -0.15) is 0 Å². The lowest BCUT2D eigenvalue weighted by Gasteiger charge is -2.29. The van der Waals surface area contributed by atoms with Crippen LogP contribution in [0, 0.1) is 6.92 Å². The van der Waals surface area contributed by atoms with E-state index in [1.165, 1.54) is 0 Å². The van der Waals surface area contributed by atoms with Gasteiger partial charge in [0.2, 0.25) is 0 Å². The predicted molar refractivity (Wildman–Crippen MR) is 98.5 cm³/mol. The van der Waals surface area contributed by atoms with E-state index in [4.69, 9.17) is 21.1 Å². The summed E-state index contributed by atoms with van der Waals surface area (Å²) in [5, 5.41) is 3.36. The molecule has 1 aromatic rings. The molecule has 26 heavy (non-hydrogen) atoms. The Bertz CT molecular complexity index is 673.